The van der Waals surface area contributed by atoms with Crippen molar-refractivity contribution >= 4 is 28.5 Å². The van der Waals surface area contributed by atoms with Gasteiger partial charge in [-0.15, -0.1) is 0 Å². The molecule has 0 aliphatic rings. The summed E-state index contributed by atoms with van der Waals surface area (Å²) in [6.45, 7) is 1.65. The summed E-state index contributed by atoms with van der Waals surface area (Å²) in [5.41, 5.74) is 0.464. The van der Waals surface area contributed by atoms with Crippen LogP contribution in [0, 0.1) is 0 Å². The van der Waals surface area contributed by atoms with Crippen molar-refractivity contribution in [1.29, 1.82) is 0 Å². The summed E-state index contributed by atoms with van der Waals surface area (Å²) in [6, 6.07) is 15.6. The van der Waals surface area contributed by atoms with Crippen LogP contribution < -0.4 is 10.7 Å². The largest absolute Gasteiger partial charge is 0.459 e. The molecule has 3 rings (SSSR count). The average molecular weight is 337 g/mol. The number of fused-ring (bicyclic) bond motifs is 1. The molecule has 0 spiro atoms. The number of carbonyl (C=O) groups is 2. The zero-order valence-corrected chi connectivity index (χ0v) is 13.4. The van der Waals surface area contributed by atoms with Crippen LogP contribution in [0.4, 0.5) is 5.69 Å². The fraction of sp³-hybridized carbons (Fsp3) is 0.105. The lowest BCUT2D eigenvalue weighted by Gasteiger charge is -2.11. The molecule has 0 radical (unpaired) electrons. The van der Waals surface area contributed by atoms with E-state index in [-0.39, 0.29) is 18.1 Å². The Bertz CT molecular complexity index is 992. The van der Waals surface area contributed by atoms with E-state index in [0.717, 1.165) is 0 Å². The van der Waals surface area contributed by atoms with E-state index in [2.05, 4.69) is 10.1 Å². The first-order chi connectivity index (χ1) is 12.1. The van der Waals surface area contributed by atoms with E-state index in [1.807, 2.05) is 6.07 Å². The molecule has 126 valence electrons. The number of amides is 1. The lowest BCUT2D eigenvalue weighted by Crippen LogP contribution is -2.28. The number of nitrogens with one attached hydrogen (secondary N) is 1. The van der Waals surface area contributed by atoms with Crippen LogP contribution in [-0.2, 0) is 14.3 Å². The normalized spacial score (nSPS) is 10.4. The van der Waals surface area contributed by atoms with Crippen molar-refractivity contribution in [2.75, 3.05) is 11.9 Å². The molecule has 1 heterocycles. The lowest BCUT2D eigenvalue weighted by atomic mass is 10.1. The number of hydrogen-bond donors (Lipinski definition) is 1. The Morgan fingerprint density at radius 1 is 1.04 bits per heavy atom. The molecule has 0 bridgehead atoms. The van der Waals surface area contributed by atoms with E-state index in [1.54, 1.807) is 55.5 Å². The molecule has 2 aromatic carbocycles. The number of carbonyl (C=O) groups excluding carboxylic acids is 2. The van der Waals surface area contributed by atoms with Crippen LogP contribution >= 0.6 is 0 Å². The molecule has 25 heavy (non-hydrogen) atoms. The first-order valence-electron chi connectivity index (χ1n) is 7.71. The summed E-state index contributed by atoms with van der Waals surface area (Å²) < 4.78 is 10.5. The van der Waals surface area contributed by atoms with E-state index in [9.17, 15) is 14.4 Å². The van der Waals surface area contributed by atoms with Gasteiger partial charge in [0.2, 0.25) is 5.43 Å². The summed E-state index contributed by atoms with van der Waals surface area (Å²) in [7, 11) is 0. The van der Waals surface area contributed by atoms with Crippen molar-refractivity contribution in [2.24, 2.45) is 0 Å². The number of benzene rings is 2. The third kappa shape index (κ3) is 3.28. The number of para-hydroxylation sites is 1. The minimum absolute atomic E-state index is 0.0596. The summed E-state index contributed by atoms with van der Waals surface area (Å²) in [5, 5.41) is 2.64. The molecule has 0 atom stereocenters. The van der Waals surface area contributed by atoms with Crippen LogP contribution in [0.5, 0.6) is 0 Å². The van der Waals surface area contributed by atoms with Gasteiger partial charge in [0.1, 0.15) is 11.3 Å². The van der Waals surface area contributed by atoms with Crippen molar-refractivity contribution in [1.82, 2.24) is 0 Å². The summed E-state index contributed by atoms with van der Waals surface area (Å²) in [6.07, 6.45) is 0. The molecule has 0 saturated carbocycles. The van der Waals surface area contributed by atoms with E-state index >= 15 is 0 Å². The van der Waals surface area contributed by atoms with Gasteiger partial charge >= 0.3 is 11.9 Å². The Hall–Kier alpha value is -3.41. The predicted molar refractivity (Wildman–Crippen MR) is 93.2 cm³/mol. The fourth-order valence-electron chi connectivity index (χ4n) is 2.41. The Morgan fingerprint density at radius 2 is 1.72 bits per heavy atom. The maximum Gasteiger partial charge on any atom is 0.397 e. The van der Waals surface area contributed by atoms with Crippen LogP contribution in [0.15, 0.2) is 63.8 Å². The van der Waals surface area contributed by atoms with Gasteiger partial charge in [0.25, 0.3) is 0 Å². The molecule has 1 aromatic heterocycles. The van der Waals surface area contributed by atoms with Gasteiger partial charge in [-0.3, -0.25) is 9.59 Å². The Balaban J connectivity index is 2.18. The average Bonchev–Trinajstić information content (AvgIpc) is 2.64. The van der Waals surface area contributed by atoms with E-state index in [1.165, 1.54) is 0 Å². The quantitative estimate of drug-likeness (QED) is 0.586. The standard InChI is InChI=1S/C19H15NO5/c1-2-24-19(23)18(22)20-15-16(21)13-10-6-7-11-14(13)25-17(15)12-8-4-3-5-9-12/h3-11H,2H2,1H3,(H,20,22). The molecule has 6 heteroatoms. The number of anilines is 1. The zero-order valence-electron chi connectivity index (χ0n) is 13.4. The topological polar surface area (TPSA) is 85.6 Å². The van der Waals surface area contributed by atoms with Crippen LogP contribution in [0.2, 0.25) is 0 Å². The van der Waals surface area contributed by atoms with E-state index in [0.29, 0.717) is 16.5 Å². The number of ether oxygens (including phenoxy) is 1. The van der Waals surface area contributed by atoms with Crippen molar-refractivity contribution in [3.05, 3.63) is 64.8 Å². The third-order valence-corrected chi connectivity index (χ3v) is 3.53. The summed E-state index contributed by atoms with van der Waals surface area (Å²) >= 11 is 0. The van der Waals surface area contributed by atoms with Gasteiger partial charge in [0.05, 0.1) is 12.0 Å². The molecular formula is C19H15NO5. The summed E-state index contributed by atoms with van der Waals surface area (Å²) in [4.78, 5) is 36.4. The Morgan fingerprint density at radius 3 is 2.44 bits per heavy atom. The van der Waals surface area contributed by atoms with Crippen LogP contribution in [0.1, 0.15) is 6.92 Å². The lowest BCUT2D eigenvalue weighted by molar-refractivity contribution is -0.152. The molecule has 0 aliphatic heterocycles. The molecular weight excluding hydrogens is 322 g/mol. The van der Waals surface area contributed by atoms with Gasteiger partial charge in [0.15, 0.2) is 5.76 Å². The number of rotatable bonds is 3. The highest BCUT2D eigenvalue weighted by molar-refractivity contribution is 6.37. The monoisotopic (exact) mass is 337 g/mol. The SMILES string of the molecule is CCOC(=O)C(=O)Nc1c(-c2ccccc2)oc2ccccc2c1=O. The summed E-state index contributed by atoms with van der Waals surface area (Å²) in [5.74, 6) is -1.90. The second-order valence-electron chi connectivity index (χ2n) is 5.17. The molecule has 1 amide bonds. The number of hydrogen-bond acceptors (Lipinski definition) is 5. The van der Waals surface area contributed by atoms with Gasteiger partial charge in [-0.1, -0.05) is 42.5 Å². The zero-order chi connectivity index (χ0) is 17.8. The smallest absolute Gasteiger partial charge is 0.397 e. The fourth-order valence-corrected chi connectivity index (χ4v) is 2.41. The minimum atomic E-state index is -1.06. The molecule has 0 aliphatic carbocycles. The molecule has 1 N–H and O–H groups in total. The van der Waals surface area contributed by atoms with Crippen molar-refractivity contribution in [3.63, 3.8) is 0 Å². The van der Waals surface area contributed by atoms with Gasteiger partial charge in [0, 0.05) is 5.56 Å². The minimum Gasteiger partial charge on any atom is -0.459 e. The molecule has 0 unspecified atom stereocenters. The van der Waals surface area contributed by atoms with Gasteiger partial charge in [-0.25, -0.2) is 4.79 Å². The first kappa shape index (κ1) is 16.4. The van der Waals surface area contributed by atoms with Crippen LogP contribution in [0.3, 0.4) is 0 Å². The Kier molecular flexibility index (Phi) is 4.61. The van der Waals surface area contributed by atoms with Crippen molar-refractivity contribution in [2.45, 2.75) is 6.92 Å². The molecule has 0 saturated heterocycles. The number of esters is 1. The molecule has 0 fully saturated rings. The van der Waals surface area contributed by atoms with E-state index in [4.69, 9.17) is 4.42 Å². The predicted octanol–water partition coefficient (Wildman–Crippen LogP) is 2.96. The first-order valence-corrected chi connectivity index (χ1v) is 7.71. The maximum absolute atomic E-state index is 12.8. The third-order valence-electron chi connectivity index (χ3n) is 3.53. The van der Waals surface area contributed by atoms with Gasteiger partial charge < -0.3 is 14.5 Å². The van der Waals surface area contributed by atoms with Gasteiger partial charge in [-0.2, -0.15) is 0 Å². The highest BCUT2D eigenvalue weighted by Gasteiger charge is 2.22. The highest BCUT2D eigenvalue weighted by atomic mass is 16.5. The van der Waals surface area contributed by atoms with Crippen LogP contribution in [-0.4, -0.2) is 18.5 Å². The van der Waals surface area contributed by atoms with Gasteiger partial charge in [-0.05, 0) is 19.1 Å². The van der Waals surface area contributed by atoms with E-state index < -0.39 is 17.3 Å². The molecule has 3 aromatic rings. The second-order valence-corrected chi connectivity index (χ2v) is 5.17. The van der Waals surface area contributed by atoms with Crippen molar-refractivity contribution in [3.8, 4) is 11.3 Å². The molecule has 6 nitrogen and oxygen atoms in total. The van der Waals surface area contributed by atoms with Crippen LogP contribution in [0.25, 0.3) is 22.3 Å². The van der Waals surface area contributed by atoms with Crippen molar-refractivity contribution < 1.29 is 18.7 Å². The Labute approximate surface area is 143 Å². The highest BCUT2D eigenvalue weighted by Crippen LogP contribution is 2.29. The second kappa shape index (κ2) is 7.00. The maximum atomic E-state index is 12.8.